The quantitative estimate of drug-likeness (QED) is 0.0560. The molecule has 0 spiro atoms. The maximum Gasteiger partial charge on any atom is 0.416 e. The van der Waals surface area contributed by atoms with Gasteiger partial charge in [-0.3, -0.25) is 14.9 Å². The highest BCUT2D eigenvalue weighted by Crippen LogP contribution is 2.39. The third kappa shape index (κ3) is 13.7. The van der Waals surface area contributed by atoms with E-state index in [2.05, 4.69) is 29.5 Å². The highest BCUT2D eigenvalue weighted by atomic mass is 35.5. The molecule has 0 aliphatic heterocycles. The van der Waals surface area contributed by atoms with Crippen LogP contribution in [-0.4, -0.2) is 40.8 Å². The number of nitrogens with zero attached hydrogens (tertiary/aromatic N) is 3. The lowest BCUT2D eigenvalue weighted by Gasteiger charge is -2.12. The van der Waals surface area contributed by atoms with Gasteiger partial charge < -0.3 is 30.7 Å². The molecule has 0 bridgehead atoms. The number of nitro groups is 1. The monoisotopic (exact) mass is 846 g/mol. The minimum atomic E-state index is -4.50. The number of carbonyl (C=O) groups excluding carboxylic acids is 2. The first kappa shape index (κ1) is 45.5. The lowest BCUT2D eigenvalue weighted by molar-refractivity contribution is -0.383. The number of benzene rings is 5. The third-order valence-corrected chi connectivity index (χ3v) is 8.36. The van der Waals surface area contributed by atoms with Gasteiger partial charge in [0.05, 0.1) is 10.5 Å². The smallest absolute Gasteiger partial charge is 0.416 e. The van der Waals surface area contributed by atoms with E-state index in [0.29, 0.717) is 17.4 Å². The van der Waals surface area contributed by atoms with E-state index >= 15 is 0 Å². The van der Waals surface area contributed by atoms with Crippen LogP contribution in [0.4, 0.5) is 45.1 Å². The number of halogens is 5. The van der Waals surface area contributed by atoms with Crippen molar-refractivity contribution in [3.63, 3.8) is 0 Å². The van der Waals surface area contributed by atoms with Crippen LogP contribution in [0.15, 0.2) is 133 Å². The van der Waals surface area contributed by atoms with E-state index in [1.165, 1.54) is 77.2 Å². The average Bonchev–Trinajstić information content (AvgIpc) is 3.21. The molecule has 0 saturated carbocycles. The molecule has 1 aromatic heterocycles. The first-order valence-corrected chi connectivity index (χ1v) is 18.2. The summed E-state index contributed by atoms with van der Waals surface area (Å²) < 4.78 is 62.0. The Kier molecular flexibility index (Phi) is 15.9. The number of ether oxygens (including phenoxy) is 2. The molecule has 0 unspecified atom stereocenters. The van der Waals surface area contributed by atoms with Crippen LogP contribution in [0.2, 0.25) is 5.02 Å². The molecule has 0 fully saturated rings. The Balaban J connectivity index is 0.000000210. The minimum absolute atomic E-state index is 0.0104. The van der Waals surface area contributed by atoms with Gasteiger partial charge in [0.2, 0.25) is 5.88 Å². The Labute approximate surface area is 347 Å². The molecule has 0 atom stereocenters. The summed E-state index contributed by atoms with van der Waals surface area (Å²) in [6.45, 7) is 4.29. The first-order chi connectivity index (χ1) is 28.4. The summed E-state index contributed by atoms with van der Waals surface area (Å²) in [5.41, 5.74) is 6.86. The average molecular weight is 847 g/mol. The SMILES string of the molecule is CC(C)c1ccc(NC(=O)N(C)C)cc1.Nc1c([N+](=O)[O-])ccc(Oc2ccccc2)c1Cl.O=C(Nc1ccc(F)cc1)c1cccc(Oc2cccc(C(F)(F)F)c2)n1. The molecule has 0 aliphatic rings. The molecule has 6 rings (SSSR count). The van der Waals surface area contributed by atoms with Crippen molar-refractivity contribution in [1.82, 2.24) is 9.88 Å². The fourth-order valence-electron chi connectivity index (χ4n) is 4.79. The molecule has 17 heteroatoms. The number of nitro benzene ring substituents is 1. The van der Waals surface area contributed by atoms with Crippen LogP contribution in [0.1, 0.15) is 41.4 Å². The highest BCUT2D eigenvalue weighted by molar-refractivity contribution is 6.35. The van der Waals surface area contributed by atoms with Crippen molar-refractivity contribution >= 4 is 46.3 Å². The number of amides is 3. The molecule has 0 saturated heterocycles. The maximum absolute atomic E-state index is 12.9. The molecule has 60 heavy (non-hydrogen) atoms. The molecule has 0 aliphatic carbocycles. The second-order valence-electron chi connectivity index (χ2n) is 13.0. The zero-order valence-electron chi connectivity index (χ0n) is 32.5. The minimum Gasteiger partial charge on any atom is -0.456 e. The third-order valence-electron chi connectivity index (χ3n) is 7.97. The Bertz CT molecular complexity index is 2380. The first-order valence-electron chi connectivity index (χ1n) is 17.8. The van der Waals surface area contributed by atoms with Gasteiger partial charge in [-0.25, -0.2) is 14.2 Å². The molecule has 312 valence electrons. The fraction of sp³-hybridized carbons (Fsp3) is 0.140. The van der Waals surface area contributed by atoms with Crippen molar-refractivity contribution in [2.45, 2.75) is 25.9 Å². The maximum atomic E-state index is 12.9. The van der Waals surface area contributed by atoms with E-state index in [1.54, 1.807) is 38.4 Å². The summed E-state index contributed by atoms with van der Waals surface area (Å²) in [4.78, 5) is 39.1. The summed E-state index contributed by atoms with van der Waals surface area (Å²) in [6.07, 6.45) is -4.50. The molecule has 1 heterocycles. The molecule has 5 aromatic carbocycles. The van der Waals surface area contributed by atoms with Crippen LogP contribution in [0.25, 0.3) is 0 Å². The number of hydrogen-bond acceptors (Lipinski definition) is 8. The zero-order valence-corrected chi connectivity index (χ0v) is 33.3. The lowest BCUT2D eigenvalue weighted by atomic mass is 10.0. The van der Waals surface area contributed by atoms with E-state index in [4.69, 9.17) is 26.8 Å². The summed E-state index contributed by atoms with van der Waals surface area (Å²) in [5.74, 6) is 0.260. The number of alkyl halides is 3. The predicted octanol–water partition coefficient (Wildman–Crippen LogP) is 11.8. The van der Waals surface area contributed by atoms with Gasteiger partial charge in [0, 0.05) is 37.6 Å². The topological polar surface area (TPSA) is 162 Å². The summed E-state index contributed by atoms with van der Waals surface area (Å²) in [7, 11) is 3.44. The van der Waals surface area contributed by atoms with E-state index in [0.717, 1.165) is 17.8 Å². The summed E-state index contributed by atoms with van der Waals surface area (Å²) >= 11 is 5.94. The number of pyridine rings is 1. The zero-order chi connectivity index (χ0) is 44.0. The van der Waals surface area contributed by atoms with Crippen molar-refractivity contribution in [2.75, 3.05) is 30.5 Å². The number of nitrogens with two attached hydrogens (primary N) is 1. The Morgan fingerprint density at radius 2 is 1.40 bits per heavy atom. The van der Waals surface area contributed by atoms with Gasteiger partial charge in [-0.1, -0.05) is 67.9 Å². The standard InChI is InChI=1S/C19H12F4N2O2.C12H9ClN2O3.C12H18N2O/c20-13-7-9-14(10-8-13)24-18(26)16-5-2-6-17(25-16)27-15-4-1-3-12(11-15)19(21,22)23;13-11-10(18-8-4-2-1-3-5-8)7-6-9(12(11)14)15(16)17;1-9(2)10-5-7-11(8-6-10)13-12(15)14(3)4/h1-11H,(H,24,26);1-7H,14H2;5-9H,1-4H3,(H,13,15). The van der Waals surface area contributed by atoms with Crippen LogP contribution in [-0.2, 0) is 6.18 Å². The lowest BCUT2D eigenvalue weighted by Crippen LogP contribution is -2.27. The molecule has 0 radical (unpaired) electrons. The van der Waals surface area contributed by atoms with E-state index < -0.39 is 28.4 Å². The summed E-state index contributed by atoms with van der Waals surface area (Å²) in [5, 5.41) is 16.0. The number of hydrogen-bond donors (Lipinski definition) is 3. The van der Waals surface area contributed by atoms with Crippen molar-refractivity contribution < 1.29 is 41.5 Å². The molecule has 4 N–H and O–H groups in total. The van der Waals surface area contributed by atoms with Gasteiger partial charge in [0.15, 0.2) is 0 Å². The molecule has 3 amide bonds. The number of urea groups is 1. The van der Waals surface area contributed by atoms with Crippen molar-refractivity contribution in [3.05, 3.63) is 171 Å². The number of rotatable bonds is 9. The highest BCUT2D eigenvalue weighted by Gasteiger charge is 2.30. The van der Waals surface area contributed by atoms with Crippen LogP contribution < -0.4 is 25.8 Å². The number of para-hydroxylation sites is 1. The molecular weight excluding hydrogens is 808 g/mol. The van der Waals surface area contributed by atoms with Gasteiger partial charge in [0.25, 0.3) is 11.6 Å². The molecule has 6 aromatic rings. The molecular formula is C43H39ClF4N6O6. The normalized spacial score (nSPS) is 10.6. The second kappa shape index (κ2) is 21.0. The van der Waals surface area contributed by atoms with Gasteiger partial charge >= 0.3 is 12.2 Å². The molecule has 12 nitrogen and oxygen atoms in total. The fourth-order valence-corrected chi connectivity index (χ4v) is 4.98. The Hall–Kier alpha value is -7.20. The van der Waals surface area contributed by atoms with Gasteiger partial charge in [-0.15, -0.1) is 0 Å². The van der Waals surface area contributed by atoms with Crippen molar-refractivity contribution in [2.24, 2.45) is 0 Å². The van der Waals surface area contributed by atoms with Crippen molar-refractivity contribution in [1.29, 1.82) is 0 Å². The van der Waals surface area contributed by atoms with Crippen LogP contribution >= 0.6 is 11.6 Å². The van der Waals surface area contributed by atoms with Gasteiger partial charge in [-0.05, 0) is 90.3 Å². The number of nitrogens with one attached hydrogen (secondary N) is 2. The number of carbonyl (C=O) groups is 2. The Morgan fingerprint density at radius 3 is 2.00 bits per heavy atom. The summed E-state index contributed by atoms with van der Waals surface area (Å²) in [6, 6.07) is 33.2. The second-order valence-corrected chi connectivity index (χ2v) is 13.4. The van der Waals surface area contributed by atoms with E-state index in [-0.39, 0.29) is 45.5 Å². The Morgan fingerprint density at radius 1 is 0.800 bits per heavy atom. The van der Waals surface area contributed by atoms with E-state index in [1.807, 2.05) is 30.3 Å². The largest absolute Gasteiger partial charge is 0.456 e. The van der Waals surface area contributed by atoms with Crippen LogP contribution in [0.3, 0.4) is 0 Å². The van der Waals surface area contributed by atoms with Gasteiger partial charge in [0.1, 0.15) is 39.5 Å². The van der Waals surface area contributed by atoms with Crippen molar-refractivity contribution in [3.8, 4) is 23.1 Å². The predicted molar refractivity (Wildman–Crippen MR) is 222 cm³/mol. The number of aromatic nitrogens is 1. The number of nitrogen functional groups attached to an aromatic ring is 1. The van der Waals surface area contributed by atoms with Crippen LogP contribution in [0.5, 0.6) is 23.1 Å². The number of anilines is 3. The van der Waals surface area contributed by atoms with E-state index in [9.17, 15) is 37.3 Å². The van der Waals surface area contributed by atoms with Gasteiger partial charge in [-0.2, -0.15) is 13.2 Å². The van der Waals surface area contributed by atoms with Crippen LogP contribution in [0, 0.1) is 15.9 Å².